The lowest BCUT2D eigenvalue weighted by atomic mass is 10.0. The molecular formula is C15H21N3S. The van der Waals surface area contributed by atoms with Crippen molar-refractivity contribution in [3.63, 3.8) is 0 Å². The Balaban J connectivity index is 2.38. The highest BCUT2D eigenvalue weighted by molar-refractivity contribution is 7.98. The Kier molecular flexibility index (Phi) is 5.05. The van der Waals surface area contributed by atoms with Crippen LogP contribution in [0.4, 0.5) is 0 Å². The minimum atomic E-state index is 0.217. The third-order valence-electron chi connectivity index (χ3n) is 3.17. The van der Waals surface area contributed by atoms with Gasteiger partial charge in [-0.1, -0.05) is 25.1 Å². The summed E-state index contributed by atoms with van der Waals surface area (Å²) in [6.45, 7) is 6.08. The molecule has 1 aromatic carbocycles. The molecule has 0 saturated heterocycles. The van der Waals surface area contributed by atoms with E-state index in [0.29, 0.717) is 0 Å². The predicted molar refractivity (Wildman–Crippen MR) is 81.6 cm³/mol. The highest BCUT2D eigenvalue weighted by atomic mass is 32.2. The number of rotatable bonds is 6. The van der Waals surface area contributed by atoms with Crippen molar-refractivity contribution in [1.29, 1.82) is 0 Å². The molecule has 0 aliphatic carbocycles. The molecule has 3 nitrogen and oxygen atoms in total. The van der Waals surface area contributed by atoms with Gasteiger partial charge >= 0.3 is 0 Å². The smallest absolute Gasteiger partial charge is 0.0618 e. The number of thioether (sulfide) groups is 1. The van der Waals surface area contributed by atoms with Gasteiger partial charge in [-0.2, -0.15) is 5.10 Å². The molecule has 1 aromatic heterocycles. The van der Waals surface area contributed by atoms with Crippen molar-refractivity contribution < 1.29 is 0 Å². The second kappa shape index (κ2) is 6.78. The number of nitrogens with one attached hydrogen (secondary N) is 1. The van der Waals surface area contributed by atoms with Crippen molar-refractivity contribution >= 4 is 11.8 Å². The van der Waals surface area contributed by atoms with Gasteiger partial charge in [0.1, 0.15) is 0 Å². The van der Waals surface area contributed by atoms with E-state index in [0.717, 1.165) is 13.1 Å². The summed E-state index contributed by atoms with van der Waals surface area (Å²) in [4.78, 5) is 1.32. The van der Waals surface area contributed by atoms with Crippen LogP contribution in [0.1, 0.15) is 31.0 Å². The summed E-state index contributed by atoms with van der Waals surface area (Å²) in [5, 5.41) is 7.95. The van der Waals surface area contributed by atoms with Crippen LogP contribution in [0.15, 0.2) is 41.6 Å². The van der Waals surface area contributed by atoms with Crippen molar-refractivity contribution in [3.05, 3.63) is 47.8 Å². The molecule has 0 bridgehead atoms. The molecule has 0 aliphatic rings. The molecule has 0 aliphatic heterocycles. The van der Waals surface area contributed by atoms with Gasteiger partial charge in [0, 0.05) is 23.2 Å². The van der Waals surface area contributed by atoms with Crippen LogP contribution in [0.5, 0.6) is 0 Å². The van der Waals surface area contributed by atoms with Gasteiger partial charge in [-0.25, -0.2) is 0 Å². The standard InChI is InChI=1S/C15H21N3S/c1-4-16-15(12-10-17-18(5-2)11-12)13-8-6-7-9-14(13)19-3/h6-11,15-16H,4-5H2,1-3H3. The van der Waals surface area contributed by atoms with Crippen LogP contribution in [0.2, 0.25) is 0 Å². The highest BCUT2D eigenvalue weighted by Crippen LogP contribution is 2.29. The van der Waals surface area contributed by atoms with Gasteiger partial charge < -0.3 is 5.32 Å². The van der Waals surface area contributed by atoms with Crippen molar-refractivity contribution in [3.8, 4) is 0 Å². The zero-order valence-corrected chi connectivity index (χ0v) is 12.6. The maximum Gasteiger partial charge on any atom is 0.0618 e. The van der Waals surface area contributed by atoms with Crippen LogP contribution in [-0.4, -0.2) is 22.6 Å². The molecule has 102 valence electrons. The summed E-state index contributed by atoms with van der Waals surface area (Å²) < 4.78 is 1.97. The van der Waals surface area contributed by atoms with Gasteiger partial charge in [-0.3, -0.25) is 4.68 Å². The number of hydrogen-bond acceptors (Lipinski definition) is 3. The SMILES string of the molecule is CCNC(c1cnn(CC)c1)c1ccccc1SC. The van der Waals surface area contributed by atoms with E-state index in [9.17, 15) is 0 Å². The van der Waals surface area contributed by atoms with E-state index in [1.165, 1.54) is 16.0 Å². The maximum atomic E-state index is 4.39. The Bertz CT molecular complexity index is 522. The van der Waals surface area contributed by atoms with Crippen LogP contribution in [0.3, 0.4) is 0 Å². The number of hydrogen-bond donors (Lipinski definition) is 1. The Labute approximate surface area is 119 Å². The van der Waals surface area contributed by atoms with Crippen LogP contribution >= 0.6 is 11.8 Å². The Hall–Kier alpha value is -1.26. The van der Waals surface area contributed by atoms with E-state index in [1.54, 1.807) is 11.8 Å². The topological polar surface area (TPSA) is 29.9 Å². The molecule has 19 heavy (non-hydrogen) atoms. The lowest BCUT2D eigenvalue weighted by Gasteiger charge is -2.19. The van der Waals surface area contributed by atoms with Gasteiger partial charge in [0.25, 0.3) is 0 Å². The molecule has 0 amide bonds. The molecule has 1 atom stereocenters. The normalized spacial score (nSPS) is 12.6. The summed E-state index contributed by atoms with van der Waals surface area (Å²) in [7, 11) is 0. The number of aromatic nitrogens is 2. The third-order valence-corrected chi connectivity index (χ3v) is 3.98. The molecule has 1 unspecified atom stereocenters. The van der Waals surface area contributed by atoms with E-state index in [4.69, 9.17) is 0 Å². The highest BCUT2D eigenvalue weighted by Gasteiger charge is 2.17. The van der Waals surface area contributed by atoms with Gasteiger partial charge in [-0.15, -0.1) is 11.8 Å². The average molecular weight is 275 g/mol. The van der Waals surface area contributed by atoms with Crippen molar-refractivity contribution in [2.75, 3.05) is 12.8 Å². The largest absolute Gasteiger partial charge is 0.306 e. The van der Waals surface area contributed by atoms with Gasteiger partial charge in [-0.05, 0) is 31.4 Å². The zero-order valence-electron chi connectivity index (χ0n) is 11.8. The molecule has 1 N–H and O–H groups in total. The first-order valence-corrected chi connectivity index (χ1v) is 7.91. The van der Waals surface area contributed by atoms with Crippen molar-refractivity contribution in [2.24, 2.45) is 0 Å². The average Bonchev–Trinajstić information content (AvgIpc) is 2.93. The summed E-state index contributed by atoms with van der Waals surface area (Å²) >= 11 is 1.79. The fraction of sp³-hybridized carbons (Fsp3) is 0.400. The monoisotopic (exact) mass is 275 g/mol. The van der Waals surface area contributed by atoms with Crippen LogP contribution in [-0.2, 0) is 6.54 Å². The van der Waals surface area contributed by atoms with E-state index in [-0.39, 0.29) is 6.04 Å². The number of benzene rings is 1. The summed E-state index contributed by atoms with van der Waals surface area (Å²) in [6.07, 6.45) is 6.22. The van der Waals surface area contributed by atoms with E-state index < -0.39 is 0 Å². The van der Waals surface area contributed by atoms with E-state index >= 15 is 0 Å². The maximum absolute atomic E-state index is 4.39. The molecule has 0 fully saturated rings. The molecule has 0 radical (unpaired) electrons. The number of aryl methyl sites for hydroxylation is 1. The molecular weight excluding hydrogens is 254 g/mol. The Morgan fingerprint density at radius 1 is 1.32 bits per heavy atom. The second-order valence-electron chi connectivity index (χ2n) is 4.36. The first-order chi connectivity index (χ1) is 9.30. The predicted octanol–water partition coefficient (Wildman–Crippen LogP) is 3.32. The molecule has 2 aromatic rings. The number of nitrogens with zero attached hydrogens (tertiary/aromatic N) is 2. The minimum absolute atomic E-state index is 0.217. The Morgan fingerprint density at radius 2 is 2.11 bits per heavy atom. The fourth-order valence-corrected chi connectivity index (χ4v) is 2.85. The lowest BCUT2D eigenvalue weighted by molar-refractivity contribution is 0.618. The van der Waals surface area contributed by atoms with Gasteiger partial charge in [0.05, 0.1) is 12.2 Å². The molecule has 0 saturated carbocycles. The third kappa shape index (κ3) is 3.19. The zero-order chi connectivity index (χ0) is 13.7. The van der Waals surface area contributed by atoms with Crippen molar-refractivity contribution in [1.82, 2.24) is 15.1 Å². The summed E-state index contributed by atoms with van der Waals surface area (Å²) in [5.74, 6) is 0. The lowest BCUT2D eigenvalue weighted by Crippen LogP contribution is -2.22. The molecule has 2 rings (SSSR count). The molecule has 1 heterocycles. The molecule has 4 heteroatoms. The van der Waals surface area contributed by atoms with E-state index in [1.807, 2.05) is 10.9 Å². The molecule has 0 spiro atoms. The van der Waals surface area contributed by atoms with Crippen LogP contribution in [0, 0.1) is 0 Å². The van der Waals surface area contributed by atoms with Gasteiger partial charge in [0.2, 0.25) is 0 Å². The minimum Gasteiger partial charge on any atom is -0.306 e. The Morgan fingerprint density at radius 3 is 2.74 bits per heavy atom. The van der Waals surface area contributed by atoms with Crippen LogP contribution in [0.25, 0.3) is 0 Å². The first kappa shape index (κ1) is 14.2. The summed E-state index contributed by atoms with van der Waals surface area (Å²) in [6, 6.07) is 8.78. The fourth-order valence-electron chi connectivity index (χ4n) is 2.22. The summed E-state index contributed by atoms with van der Waals surface area (Å²) in [5.41, 5.74) is 2.55. The van der Waals surface area contributed by atoms with Crippen LogP contribution < -0.4 is 5.32 Å². The second-order valence-corrected chi connectivity index (χ2v) is 5.21. The van der Waals surface area contributed by atoms with Gasteiger partial charge in [0.15, 0.2) is 0 Å². The van der Waals surface area contributed by atoms with E-state index in [2.05, 4.69) is 61.0 Å². The van der Waals surface area contributed by atoms with Crippen molar-refractivity contribution in [2.45, 2.75) is 31.3 Å². The first-order valence-electron chi connectivity index (χ1n) is 6.68. The quantitative estimate of drug-likeness (QED) is 0.820.